The highest BCUT2D eigenvalue weighted by Gasteiger charge is 1.96. The van der Waals surface area contributed by atoms with E-state index in [-0.39, 0.29) is 11.7 Å². The largest absolute Gasteiger partial charge is 0.493 e. The molecule has 3 N–H and O–H groups in total. The summed E-state index contributed by atoms with van der Waals surface area (Å²) in [6.45, 7) is 0.447. The van der Waals surface area contributed by atoms with Crippen molar-refractivity contribution in [3.63, 3.8) is 0 Å². The number of hydrogen-bond acceptors (Lipinski definition) is 2. The summed E-state index contributed by atoms with van der Waals surface area (Å²) in [7, 11) is 0. The van der Waals surface area contributed by atoms with Crippen LogP contribution in [0.1, 0.15) is 12.8 Å². The van der Waals surface area contributed by atoms with Crippen molar-refractivity contribution < 1.29 is 9.13 Å². The van der Waals surface area contributed by atoms with Gasteiger partial charge in [0.05, 0.1) is 12.4 Å². The molecule has 1 aromatic rings. The van der Waals surface area contributed by atoms with Gasteiger partial charge in [-0.05, 0) is 18.6 Å². The number of nitrogens with two attached hydrogens (primary N) is 1. The molecule has 1 rings (SSSR count). The lowest BCUT2D eigenvalue weighted by atomic mass is 10.3. The Kier molecular flexibility index (Phi) is 3.91. The molecule has 0 spiro atoms. The zero-order chi connectivity index (χ0) is 10.4. The zero-order valence-corrected chi connectivity index (χ0v) is 7.79. The molecule has 0 fully saturated rings. The van der Waals surface area contributed by atoms with Crippen molar-refractivity contribution in [2.75, 3.05) is 6.61 Å². The van der Waals surface area contributed by atoms with Gasteiger partial charge in [-0.25, -0.2) is 4.39 Å². The van der Waals surface area contributed by atoms with Crippen molar-refractivity contribution in [2.45, 2.75) is 12.8 Å². The molecule has 14 heavy (non-hydrogen) atoms. The van der Waals surface area contributed by atoms with Crippen molar-refractivity contribution in [3.8, 4) is 5.75 Å². The predicted octanol–water partition coefficient (Wildman–Crippen LogP) is 1.92. The molecule has 0 bridgehead atoms. The van der Waals surface area contributed by atoms with Gasteiger partial charge in [0.15, 0.2) is 0 Å². The molecule has 3 nitrogen and oxygen atoms in total. The Morgan fingerprint density at radius 3 is 2.93 bits per heavy atom. The van der Waals surface area contributed by atoms with Crippen LogP contribution >= 0.6 is 0 Å². The molecular formula is C10H13FN2O. The standard InChI is InChI=1S/C10H13FN2O/c11-8-3-1-4-9(7-8)14-6-2-5-10(12)13/h1,3-4,7H,2,5-6H2,(H3,12,13). The van der Waals surface area contributed by atoms with Gasteiger partial charge in [-0.1, -0.05) is 6.07 Å². The lowest BCUT2D eigenvalue weighted by Gasteiger charge is -2.05. The monoisotopic (exact) mass is 196 g/mol. The zero-order valence-electron chi connectivity index (χ0n) is 7.79. The minimum Gasteiger partial charge on any atom is -0.493 e. The highest BCUT2D eigenvalue weighted by atomic mass is 19.1. The Hall–Kier alpha value is -1.58. The lowest BCUT2D eigenvalue weighted by molar-refractivity contribution is 0.312. The minimum absolute atomic E-state index is 0.146. The van der Waals surface area contributed by atoms with Gasteiger partial charge in [0, 0.05) is 12.5 Å². The average Bonchev–Trinajstić information content (AvgIpc) is 2.12. The fourth-order valence-electron chi connectivity index (χ4n) is 1.01. The van der Waals surface area contributed by atoms with Gasteiger partial charge < -0.3 is 10.5 Å². The third-order valence-electron chi connectivity index (χ3n) is 1.66. The molecule has 0 saturated carbocycles. The van der Waals surface area contributed by atoms with Crippen LogP contribution in [0.3, 0.4) is 0 Å². The number of ether oxygens (including phenoxy) is 1. The summed E-state index contributed by atoms with van der Waals surface area (Å²) in [6, 6.07) is 5.97. The molecule has 0 unspecified atom stereocenters. The van der Waals surface area contributed by atoms with Crippen molar-refractivity contribution in [2.24, 2.45) is 5.73 Å². The van der Waals surface area contributed by atoms with Crippen LogP contribution in [0.2, 0.25) is 0 Å². The van der Waals surface area contributed by atoms with E-state index < -0.39 is 0 Å². The SMILES string of the molecule is N=C(N)CCCOc1cccc(F)c1. The van der Waals surface area contributed by atoms with E-state index in [1.54, 1.807) is 12.1 Å². The summed E-state index contributed by atoms with van der Waals surface area (Å²) < 4.78 is 17.9. The first-order chi connectivity index (χ1) is 6.68. The molecule has 76 valence electrons. The van der Waals surface area contributed by atoms with Crippen LogP contribution < -0.4 is 10.5 Å². The fraction of sp³-hybridized carbons (Fsp3) is 0.300. The molecule has 0 atom stereocenters. The molecule has 0 aliphatic heterocycles. The van der Waals surface area contributed by atoms with Crippen LogP contribution in [0.15, 0.2) is 24.3 Å². The summed E-state index contributed by atoms with van der Waals surface area (Å²) in [5, 5.41) is 6.97. The minimum atomic E-state index is -0.311. The number of nitrogens with one attached hydrogen (secondary N) is 1. The van der Waals surface area contributed by atoms with Crippen LogP contribution in [0.4, 0.5) is 4.39 Å². The van der Waals surface area contributed by atoms with E-state index in [4.69, 9.17) is 15.9 Å². The summed E-state index contributed by atoms with van der Waals surface area (Å²) in [6.07, 6.45) is 1.18. The van der Waals surface area contributed by atoms with Crippen LogP contribution in [0, 0.1) is 11.2 Å². The van der Waals surface area contributed by atoms with E-state index in [0.717, 1.165) is 0 Å². The van der Waals surface area contributed by atoms with Crippen molar-refractivity contribution in [3.05, 3.63) is 30.1 Å². The van der Waals surface area contributed by atoms with Crippen molar-refractivity contribution >= 4 is 5.84 Å². The van der Waals surface area contributed by atoms with Gasteiger partial charge in [-0.15, -0.1) is 0 Å². The number of halogens is 1. The van der Waals surface area contributed by atoms with Gasteiger partial charge in [-0.2, -0.15) is 0 Å². The maximum atomic E-state index is 12.7. The van der Waals surface area contributed by atoms with E-state index in [9.17, 15) is 4.39 Å². The Balaban J connectivity index is 2.28. The van der Waals surface area contributed by atoms with Gasteiger partial charge in [0.2, 0.25) is 0 Å². The maximum Gasteiger partial charge on any atom is 0.126 e. The van der Waals surface area contributed by atoms with E-state index in [0.29, 0.717) is 25.2 Å². The van der Waals surface area contributed by atoms with Gasteiger partial charge in [0.25, 0.3) is 0 Å². The average molecular weight is 196 g/mol. The van der Waals surface area contributed by atoms with Gasteiger partial charge >= 0.3 is 0 Å². The van der Waals surface area contributed by atoms with E-state index in [1.807, 2.05) is 0 Å². The smallest absolute Gasteiger partial charge is 0.126 e. The lowest BCUT2D eigenvalue weighted by Crippen LogP contribution is -2.10. The molecule has 0 radical (unpaired) electrons. The Morgan fingerprint density at radius 1 is 1.50 bits per heavy atom. The second kappa shape index (κ2) is 5.21. The maximum absolute atomic E-state index is 12.7. The van der Waals surface area contributed by atoms with Gasteiger partial charge in [0.1, 0.15) is 11.6 Å². The summed E-state index contributed by atoms with van der Waals surface area (Å²) in [4.78, 5) is 0. The second-order valence-electron chi connectivity index (χ2n) is 2.93. The van der Waals surface area contributed by atoms with Crippen LogP contribution in [0.25, 0.3) is 0 Å². The molecule has 0 amide bonds. The first kappa shape index (κ1) is 10.5. The summed E-state index contributed by atoms with van der Waals surface area (Å²) in [5.41, 5.74) is 5.16. The van der Waals surface area contributed by atoms with Crippen molar-refractivity contribution in [1.29, 1.82) is 5.41 Å². The molecule has 4 heteroatoms. The third-order valence-corrected chi connectivity index (χ3v) is 1.66. The molecular weight excluding hydrogens is 183 g/mol. The molecule has 1 aromatic carbocycles. The number of rotatable bonds is 5. The highest BCUT2D eigenvalue weighted by molar-refractivity contribution is 5.76. The van der Waals surface area contributed by atoms with E-state index in [2.05, 4.69) is 0 Å². The Bertz CT molecular complexity index is 315. The first-order valence-electron chi connectivity index (χ1n) is 4.40. The normalized spacial score (nSPS) is 9.79. The third kappa shape index (κ3) is 3.89. The van der Waals surface area contributed by atoms with Gasteiger partial charge in [-0.3, -0.25) is 5.41 Å². The number of amidine groups is 1. The van der Waals surface area contributed by atoms with Crippen LogP contribution in [-0.4, -0.2) is 12.4 Å². The first-order valence-corrected chi connectivity index (χ1v) is 4.40. The molecule has 0 aromatic heterocycles. The fourth-order valence-corrected chi connectivity index (χ4v) is 1.01. The van der Waals surface area contributed by atoms with Crippen LogP contribution in [-0.2, 0) is 0 Å². The molecule has 0 aliphatic rings. The van der Waals surface area contributed by atoms with E-state index in [1.165, 1.54) is 12.1 Å². The molecule has 0 heterocycles. The Morgan fingerprint density at radius 2 is 2.29 bits per heavy atom. The number of hydrogen-bond donors (Lipinski definition) is 2. The van der Waals surface area contributed by atoms with Crippen molar-refractivity contribution in [1.82, 2.24) is 0 Å². The summed E-state index contributed by atoms with van der Waals surface area (Å²) in [5.74, 6) is 0.343. The van der Waals surface area contributed by atoms with E-state index >= 15 is 0 Å². The number of benzene rings is 1. The topological polar surface area (TPSA) is 59.1 Å². The molecule has 0 saturated heterocycles. The second-order valence-corrected chi connectivity index (χ2v) is 2.93. The Labute approximate surface area is 82.2 Å². The van der Waals surface area contributed by atoms with Crippen LogP contribution in [0.5, 0.6) is 5.75 Å². The quantitative estimate of drug-likeness (QED) is 0.429. The molecule has 0 aliphatic carbocycles. The predicted molar refractivity (Wildman–Crippen MR) is 53.0 cm³/mol. The highest BCUT2D eigenvalue weighted by Crippen LogP contribution is 2.12. The summed E-state index contributed by atoms with van der Waals surface area (Å²) >= 11 is 0.